The lowest BCUT2D eigenvalue weighted by Gasteiger charge is -2.18. The number of hydrogen-bond donors (Lipinski definition) is 4. The number of anilines is 2. The average molecular weight is 262 g/mol. The van der Waals surface area contributed by atoms with Crippen LogP contribution in [0.4, 0.5) is 11.8 Å². The van der Waals surface area contributed by atoms with Gasteiger partial charge in [-0.15, -0.1) is 0 Å². The third kappa shape index (κ3) is 2.33. The highest BCUT2D eigenvalue weighted by Gasteiger charge is 2.26. The van der Waals surface area contributed by atoms with Crippen LogP contribution in [0.2, 0.25) is 0 Å². The summed E-state index contributed by atoms with van der Waals surface area (Å²) in [4.78, 5) is 15.4. The molecule has 2 unspecified atom stereocenters. The van der Waals surface area contributed by atoms with E-state index in [0.29, 0.717) is 23.3 Å². The highest BCUT2D eigenvalue weighted by molar-refractivity contribution is 5.83. The first kappa shape index (κ1) is 12.2. The van der Waals surface area contributed by atoms with Gasteiger partial charge in [-0.05, 0) is 24.7 Å². The van der Waals surface area contributed by atoms with Crippen molar-refractivity contribution in [3.8, 4) is 0 Å². The van der Waals surface area contributed by atoms with Crippen LogP contribution in [0.3, 0.4) is 0 Å². The van der Waals surface area contributed by atoms with E-state index in [9.17, 15) is 5.11 Å². The number of aliphatic hydroxyl groups excluding tert-OH is 1. The van der Waals surface area contributed by atoms with Crippen LogP contribution in [0.5, 0.6) is 0 Å². The Morgan fingerprint density at radius 3 is 3.05 bits per heavy atom. The van der Waals surface area contributed by atoms with E-state index in [1.165, 1.54) is 6.42 Å². The number of rotatable bonds is 4. The van der Waals surface area contributed by atoms with Gasteiger partial charge in [0, 0.05) is 13.2 Å². The second kappa shape index (κ2) is 5.00. The van der Waals surface area contributed by atoms with Gasteiger partial charge in [-0.3, -0.25) is 0 Å². The Balaban J connectivity index is 1.76. The summed E-state index contributed by atoms with van der Waals surface area (Å²) in [5.41, 5.74) is 7.01. The van der Waals surface area contributed by atoms with Crippen LogP contribution in [0.25, 0.3) is 11.2 Å². The van der Waals surface area contributed by atoms with Gasteiger partial charge >= 0.3 is 0 Å². The Labute approximate surface area is 110 Å². The van der Waals surface area contributed by atoms with E-state index in [1.54, 1.807) is 6.33 Å². The van der Waals surface area contributed by atoms with Gasteiger partial charge in [0.15, 0.2) is 11.5 Å². The van der Waals surface area contributed by atoms with E-state index in [2.05, 4.69) is 25.3 Å². The van der Waals surface area contributed by atoms with E-state index in [0.717, 1.165) is 24.9 Å². The molecular weight excluding hydrogens is 244 g/mol. The zero-order valence-corrected chi connectivity index (χ0v) is 10.6. The molecule has 0 spiro atoms. The highest BCUT2D eigenvalue weighted by atomic mass is 16.3. The molecule has 1 aliphatic rings. The van der Waals surface area contributed by atoms with Crippen molar-refractivity contribution in [2.45, 2.75) is 19.3 Å². The van der Waals surface area contributed by atoms with Gasteiger partial charge in [0.1, 0.15) is 5.52 Å². The molecule has 2 aromatic heterocycles. The van der Waals surface area contributed by atoms with Crippen molar-refractivity contribution in [3.63, 3.8) is 0 Å². The number of nitrogen functional groups attached to an aromatic ring is 1. The van der Waals surface area contributed by atoms with Crippen LogP contribution in [-0.2, 0) is 0 Å². The molecule has 5 N–H and O–H groups in total. The third-order valence-electron chi connectivity index (χ3n) is 3.89. The van der Waals surface area contributed by atoms with Gasteiger partial charge < -0.3 is 21.1 Å². The second-order valence-electron chi connectivity index (χ2n) is 5.05. The van der Waals surface area contributed by atoms with E-state index in [-0.39, 0.29) is 12.6 Å². The number of aromatic nitrogens is 4. The molecule has 2 aromatic rings. The maximum absolute atomic E-state index is 9.33. The summed E-state index contributed by atoms with van der Waals surface area (Å²) in [6.07, 6.45) is 5.01. The van der Waals surface area contributed by atoms with Crippen molar-refractivity contribution in [2.75, 3.05) is 24.2 Å². The number of fused-ring (bicyclic) bond motifs is 1. The lowest BCUT2D eigenvalue weighted by atomic mass is 9.97. The predicted molar refractivity (Wildman–Crippen MR) is 72.5 cm³/mol. The van der Waals surface area contributed by atoms with Crippen molar-refractivity contribution >= 4 is 22.9 Å². The Morgan fingerprint density at radius 2 is 2.21 bits per heavy atom. The first-order valence-electron chi connectivity index (χ1n) is 6.59. The fourth-order valence-corrected chi connectivity index (χ4v) is 2.83. The summed E-state index contributed by atoms with van der Waals surface area (Å²) in [6.45, 7) is 1.05. The summed E-state index contributed by atoms with van der Waals surface area (Å²) in [5, 5.41) is 12.6. The fourth-order valence-electron chi connectivity index (χ4n) is 2.83. The van der Waals surface area contributed by atoms with Gasteiger partial charge in [-0.1, -0.05) is 6.42 Å². The molecule has 3 rings (SSSR count). The standard InChI is InChI=1S/C12H18N6O/c13-12-17-10(9-11(18-12)16-6-15-9)14-4-7-2-1-3-8(7)5-19/h6-8,19H,1-5H2,(H4,13,14,15,16,17,18). The zero-order valence-electron chi connectivity index (χ0n) is 10.6. The van der Waals surface area contributed by atoms with Crippen LogP contribution >= 0.6 is 0 Å². The number of hydrogen-bond acceptors (Lipinski definition) is 6. The van der Waals surface area contributed by atoms with Crippen LogP contribution in [0.1, 0.15) is 19.3 Å². The molecule has 102 valence electrons. The van der Waals surface area contributed by atoms with Crippen molar-refractivity contribution < 1.29 is 5.11 Å². The molecule has 1 aliphatic carbocycles. The number of imidazole rings is 1. The smallest absolute Gasteiger partial charge is 0.224 e. The molecular formula is C12H18N6O. The Kier molecular flexibility index (Phi) is 3.20. The first-order valence-corrected chi connectivity index (χ1v) is 6.59. The van der Waals surface area contributed by atoms with Gasteiger partial charge in [-0.25, -0.2) is 4.98 Å². The average Bonchev–Trinajstić information content (AvgIpc) is 3.03. The first-order chi connectivity index (χ1) is 9.28. The van der Waals surface area contributed by atoms with E-state index >= 15 is 0 Å². The van der Waals surface area contributed by atoms with Crippen molar-refractivity contribution in [3.05, 3.63) is 6.33 Å². The SMILES string of the molecule is Nc1nc(NCC2CCCC2CO)c2[nH]cnc2n1. The van der Waals surface area contributed by atoms with Gasteiger partial charge in [0.2, 0.25) is 5.95 Å². The molecule has 0 bridgehead atoms. The maximum Gasteiger partial charge on any atom is 0.224 e. The van der Waals surface area contributed by atoms with E-state index < -0.39 is 0 Å². The summed E-state index contributed by atoms with van der Waals surface area (Å²) in [6, 6.07) is 0. The van der Waals surface area contributed by atoms with Gasteiger partial charge in [0.25, 0.3) is 0 Å². The molecule has 2 atom stereocenters. The molecule has 19 heavy (non-hydrogen) atoms. The lowest BCUT2D eigenvalue weighted by Crippen LogP contribution is -2.21. The lowest BCUT2D eigenvalue weighted by molar-refractivity contribution is 0.199. The molecule has 7 heteroatoms. The largest absolute Gasteiger partial charge is 0.396 e. The number of aromatic amines is 1. The molecule has 1 fully saturated rings. The van der Waals surface area contributed by atoms with Crippen molar-refractivity contribution in [1.82, 2.24) is 19.9 Å². The molecule has 1 saturated carbocycles. The monoisotopic (exact) mass is 262 g/mol. The third-order valence-corrected chi connectivity index (χ3v) is 3.89. The number of aliphatic hydroxyl groups is 1. The molecule has 7 nitrogen and oxygen atoms in total. The summed E-state index contributed by atoms with van der Waals surface area (Å²) in [7, 11) is 0. The van der Waals surface area contributed by atoms with Crippen LogP contribution in [-0.4, -0.2) is 38.2 Å². The quantitative estimate of drug-likeness (QED) is 0.647. The van der Waals surface area contributed by atoms with Gasteiger partial charge in [0.05, 0.1) is 6.33 Å². The summed E-state index contributed by atoms with van der Waals surface area (Å²) < 4.78 is 0. The Morgan fingerprint density at radius 1 is 1.37 bits per heavy atom. The fraction of sp³-hybridized carbons (Fsp3) is 0.583. The minimum Gasteiger partial charge on any atom is -0.396 e. The number of nitrogens with one attached hydrogen (secondary N) is 2. The van der Waals surface area contributed by atoms with Gasteiger partial charge in [-0.2, -0.15) is 9.97 Å². The maximum atomic E-state index is 9.33. The topological polar surface area (TPSA) is 113 Å². The zero-order chi connectivity index (χ0) is 13.2. The number of nitrogens with two attached hydrogens (primary N) is 1. The van der Waals surface area contributed by atoms with Crippen LogP contribution in [0, 0.1) is 11.8 Å². The normalized spacial score (nSPS) is 23.0. The predicted octanol–water partition coefficient (Wildman–Crippen LogP) is 0.756. The Hall–Kier alpha value is -1.89. The van der Waals surface area contributed by atoms with Crippen molar-refractivity contribution in [2.24, 2.45) is 11.8 Å². The second-order valence-corrected chi connectivity index (χ2v) is 5.05. The van der Waals surface area contributed by atoms with Crippen molar-refractivity contribution in [1.29, 1.82) is 0 Å². The van der Waals surface area contributed by atoms with Crippen LogP contribution in [0.15, 0.2) is 6.33 Å². The molecule has 0 radical (unpaired) electrons. The molecule has 2 heterocycles. The summed E-state index contributed by atoms with van der Waals surface area (Å²) in [5.74, 6) is 1.78. The number of H-pyrrole nitrogens is 1. The van der Waals surface area contributed by atoms with E-state index in [4.69, 9.17) is 5.73 Å². The molecule has 0 aromatic carbocycles. The molecule has 0 saturated heterocycles. The van der Waals surface area contributed by atoms with E-state index in [1.807, 2.05) is 0 Å². The molecule has 0 aliphatic heterocycles. The minimum absolute atomic E-state index is 0.215. The Bertz CT molecular complexity index is 568. The summed E-state index contributed by atoms with van der Waals surface area (Å²) >= 11 is 0. The molecule has 0 amide bonds. The highest BCUT2D eigenvalue weighted by Crippen LogP contribution is 2.31. The number of nitrogens with zero attached hydrogens (tertiary/aromatic N) is 3. The van der Waals surface area contributed by atoms with Crippen LogP contribution < -0.4 is 11.1 Å². The minimum atomic E-state index is 0.215.